The van der Waals surface area contributed by atoms with Gasteiger partial charge in [0, 0.05) is 21.3 Å². The molecule has 5 nitrogen and oxygen atoms in total. The molecule has 0 aliphatic rings. The van der Waals surface area contributed by atoms with Crippen molar-refractivity contribution < 1.29 is 46.2 Å². The summed E-state index contributed by atoms with van der Waals surface area (Å²) in [5.41, 5.74) is 0. The van der Waals surface area contributed by atoms with Gasteiger partial charge in [0.15, 0.2) is 12.8 Å². The van der Waals surface area contributed by atoms with Crippen LogP contribution in [0.25, 0.3) is 0 Å². The molecule has 0 unspecified atom stereocenters. The molecule has 0 bridgehead atoms. The van der Waals surface area contributed by atoms with Gasteiger partial charge in [0.05, 0.1) is 6.04 Å². The Hall–Kier alpha value is 0.0369. The highest BCUT2D eigenvalue weighted by atomic mass is 127. The van der Waals surface area contributed by atoms with Crippen LogP contribution >= 0.6 is 0 Å². The minimum Gasteiger partial charge on any atom is -1.00 e. The number of rotatable bonds is 6. The largest absolute Gasteiger partial charge is 1.00 e. The van der Waals surface area contributed by atoms with E-state index in [-0.39, 0.29) is 24.0 Å². The SMILES string of the molecule is CO[Si](CC[n+]1ccoc1)(OC)OC.[I-]. The molecule has 0 atom stereocenters. The normalized spacial score (nSPS) is 11.1. The fourth-order valence-electron chi connectivity index (χ4n) is 1.21. The lowest BCUT2D eigenvalue weighted by atomic mass is 10.7. The van der Waals surface area contributed by atoms with Gasteiger partial charge in [-0.3, -0.25) is 0 Å². The Kier molecular flexibility index (Phi) is 7.35. The van der Waals surface area contributed by atoms with E-state index in [0.29, 0.717) is 0 Å². The molecule has 88 valence electrons. The average molecular weight is 345 g/mol. The van der Waals surface area contributed by atoms with E-state index in [0.717, 1.165) is 12.6 Å². The van der Waals surface area contributed by atoms with Gasteiger partial charge in [-0.05, 0) is 0 Å². The maximum atomic E-state index is 5.29. The van der Waals surface area contributed by atoms with Gasteiger partial charge in [0.25, 0.3) is 0 Å². The van der Waals surface area contributed by atoms with Crippen LogP contribution in [-0.2, 0) is 19.8 Å². The van der Waals surface area contributed by atoms with E-state index in [4.69, 9.17) is 17.7 Å². The van der Waals surface area contributed by atoms with Crippen molar-refractivity contribution in [1.29, 1.82) is 0 Å². The van der Waals surface area contributed by atoms with Gasteiger partial charge in [-0.25, -0.2) is 0 Å². The average Bonchev–Trinajstić information content (AvgIpc) is 2.74. The Balaban J connectivity index is 0.00000196. The van der Waals surface area contributed by atoms with E-state index >= 15 is 0 Å². The van der Waals surface area contributed by atoms with E-state index in [2.05, 4.69) is 0 Å². The molecule has 0 radical (unpaired) electrons. The summed E-state index contributed by atoms with van der Waals surface area (Å²) in [5.74, 6) is 0. The van der Waals surface area contributed by atoms with Crippen molar-refractivity contribution in [3.63, 3.8) is 0 Å². The number of hydrogen-bond donors (Lipinski definition) is 0. The maximum Gasteiger partial charge on any atom is 0.506 e. The molecule has 1 rings (SSSR count). The molecule has 0 fully saturated rings. The van der Waals surface area contributed by atoms with E-state index in [1.165, 1.54) is 0 Å². The summed E-state index contributed by atoms with van der Waals surface area (Å²) in [6.45, 7) is 0.762. The summed E-state index contributed by atoms with van der Waals surface area (Å²) < 4.78 is 22.7. The molecule has 1 aromatic rings. The molecular formula is C8H16INO4Si. The van der Waals surface area contributed by atoms with Crippen molar-refractivity contribution in [2.45, 2.75) is 12.6 Å². The summed E-state index contributed by atoms with van der Waals surface area (Å²) in [5, 5.41) is 0. The molecule has 7 heteroatoms. The molecule has 0 saturated carbocycles. The molecule has 0 aliphatic carbocycles. The molecule has 0 saturated heterocycles. The summed E-state index contributed by atoms with van der Waals surface area (Å²) in [6.07, 6.45) is 5.11. The van der Waals surface area contributed by atoms with Crippen LogP contribution in [-0.4, -0.2) is 30.1 Å². The fraction of sp³-hybridized carbons (Fsp3) is 0.625. The van der Waals surface area contributed by atoms with Crippen molar-refractivity contribution in [2.75, 3.05) is 21.3 Å². The lowest BCUT2D eigenvalue weighted by Crippen LogP contribution is -3.00. The Morgan fingerprint density at radius 3 is 2.20 bits per heavy atom. The number of aryl methyl sites for hydroxylation is 1. The lowest BCUT2D eigenvalue weighted by molar-refractivity contribution is -0.696. The van der Waals surface area contributed by atoms with Crippen LogP contribution in [0, 0.1) is 0 Å². The van der Waals surface area contributed by atoms with Crippen molar-refractivity contribution >= 4 is 8.80 Å². The first-order valence-corrected chi connectivity index (χ1v) is 6.26. The Labute approximate surface area is 108 Å². The van der Waals surface area contributed by atoms with Crippen molar-refractivity contribution in [3.8, 4) is 0 Å². The zero-order valence-electron chi connectivity index (χ0n) is 9.10. The zero-order chi connectivity index (χ0) is 10.4. The van der Waals surface area contributed by atoms with Crippen molar-refractivity contribution in [2.24, 2.45) is 0 Å². The zero-order valence-corrected chi connectivity index (χ0v) is 12.3. The van der Waals surface area contributed by atoms with Gasteiger partial charge in [-0.1, -0.05) is 0 Å². The molecule has 0 aliphatic heterocycles. The van der Waals surface area contributed by atoms with Gasteiger partial charge < -0.3 is 41.7 Å². The van der Waals surface area contributed by atoms with Crippen molar-refractivity contribution in [3.05, 3.63) is 18.9 Å². The van der Waals surface area contributed by atoms with Crippen LogP contribution in [0.1, 0.15) is 0 Å². The quantitative estimate of drug-likeness (QED) is 0.324. The van der Waals surface area contributed by atoms with Gasteiger partial charge in [0.1, 0.15) is 0 Å². The smallest absolute Gasteiger partial charge is 0.506 e. The van der Waals surface area contributed by atoms with Crippen LogP contribution < -0.4 is 28.5 Å². The number of hydrogen-bond acceptors (Lipinski definition) is 4. The minimum absolute atomic E-state index is 0. The highest BCUT2D eigenvalue weighted by molar-refractivity contribution is 6.60. The predicted octanol–water partition coefficient (Wildman–Crippen LogP) is -2.55. The van der Waals surface area contributed by atoms with Gasteiger partial charge >= 0.3 is 15.2 Å². The fourth-order valence-corrected chi connectivity index (χ4v) is 2.86. The highest BCUT2D eigenvalue weighted by Crippen LogP contribution is 2.11. The highest BCUT2D eigenvalue weighted by Gasteiger charge is 2.39. The predicted molar refractivity (Wildman–Crippen MR) is 50.5 cm³/mol. The minimum atomic E-state index is -2.44. The first-order valence-electron chi connectivity index (χ1n) is 4.33. The second kappa shape index (κ2) is 7.33. The first-order chi connectivity index (χ1) is 6.76. The van der Waals surface area contributed by atoms with Gasteiger partial charge in [-0.15, -0.1) is 0 Å². The second-order valence-corrected chi connectivity index (χ2v) is 5.90. The third kappa shape index (κ3) is 4.19. The van der Waals surface area contributed by atoms with E-state index in [1.54, 1.807) is 34.0 Å². The second-order valence-electron chi connectivity index (χ2n) is 2.81. The Morgan fingerprint density at radius 1 is 1.20 bits per heavy atom. The summed E-state index contributed by atoms with van der Waals surface area (Å²) in [7, 11) is 2.40. The first kappa shape index (κ1) is 15.0. The van der Waals surface area contributed by atoms with Crippen LogP contribution in [0.5, 0.6) is 0 Å². The van der Waals surface area contributed by atoms with Crippen LogP contribution in [0.4, 0.5) is 0 Å². The monoisotopic (exact) mass is 345 g/mol. The van der Waals surface area contributed by atoms with E-state index < -0.39 is 8.80 Å². The maximum absolute atomic E-state index is 5.29. The molecule has 0 spiro atoms. The summed E-state index contributed by atoms with van der Waals surface area (Å²) >= 11 is 0. The molecule has 1 aromatic heterocycles. The number of nitrogens with zero attached hydrogens (tertiary/aromatic N) is 1. The van der Waals surface area contributed by atoms with Crippen LogP contribution in [0.3, 0.4) is 0 Å². The summed E-state index contributed by atoms with van der Waals surface area (Å²) in [6, 6.07) is 0.723. The topological polar surface area (TPSA) is 44.7 Å². The molecular weight excluding hydrogens is 329 g/mol. The Bertz CT molecular complexity index is 245. The van der Waals surface area contributed by atoms with Crippen LogP contribution in [0.15, 0.2) is 23.3 Å². The standard InChI is InChI=1S/C8H16NO4Si.HI/c1-10-14(11-2,12-3)7-5-9-4-6-13-8-9;/h4,6,8H,5,7H2,1-3H3;1H/q+1;/p-1. The van der Waals surface area contributed by atoms with E-state index in [9.17, 15) is 0 Å². The number of oxazole rings is 1. The molecule has 0 aromatic carbocycles. The van der Waals surface area contributed by atoms with Gasteiger partial charge in [0.2, 0.25) is 6.20 Å². The van der Waals surface area contributed by atoms with Crippen LogP contribution in [0.2, 0.25) is 6.04 Å². The van der Waals surface area contributed by atoms with Crippen molar-refractivity contribution in [1.82, 2.24) is 0 Å². The third-order valence-corrected chi connectivity index (χ3v) is 4.84. The van der Waals surface area contributed by atoms with E-state index in [1.807, 2.05) is 10.8 Å². The third-order valence-electron chi connectivity index (χ3n) is 2.14. The summed E-state index contributed by atoms with van der Waals surface area (Å²) in [4.78, 5) is 0. The number of aromatic nitrogens is 1. The Morgan fingerprint density at radius 2 is 1.80 bits per heavy atom. The lowest BCUT2D eigenvalue weighted by Gasteiger charge is -2.22. The molecule has 0 amide bonds. The molecule has 0 N–H and O–H groups in total. The number of halogens is 1. The van der Waals surface area contributed by atoms with Gasteiger partial charge in [-0.2, -0.15) is 4.57 Å². The molecule has 15 heavy (non-hydrogen) atoms. The molecule has 1 heterocycles.